The molecule has 3 rings (SSSR count). The van der Waals surface area contributed by atoms with Gasteiger partial charge in [0.25, 0.3) is 17.1 Å². The molecule has 0 spiro atoms. The molecule has 0 unspecified atom stereocenters. The summed E-state index contributed by atoms with van der Waals surface area (Å²) in [4.78, 5) is 53.8. The van der Waals surface area contributed by atoms with Crippen LogP contribution in [0.15, 0.2) is 53.7 Å². The lowest BCUT2D eigenvalue weighted by molar-refractivity contribution is -0.148. The first kappa shape index (κ1) is 24.0. The van der Waals surface area contributed by atoms with Gasteiger partial charge < -0.3 is 14.8 Å². The highest BCUT2D eigenvalue weighted by Gasteiger charge is 2.34. The van der Waals surface area contributed by atoms with Gasteiger partial charge in [0.05, 0.1) is 12.0 Å². The molecular weight excluding hydrogens is 446 g/mol. The van der Waals surface area contributed by atoms with Crippen molar-refractivity contribution in [2.75, 3.05) is 26.8 Å². The molecule has 0 atom stereocenters. The molecule has 0 radical (unpaired) electrons. The number of rotatable bonds is 10. The van der Waals surface area contributed by atoms with Crippen LogP contribution in [0, 0.1) is 0 Å². The second-order valence-corrected chi connectivity index (χ2v) is 7.94. The van der Waals surface area contributed by atoms with E-state index in [1.807, 2.05) is 18.2 Å². The number of esters is 1. The maximum atomic E-state index is 12.5. The minimum Gasteiger partial charge on any atom is -0.496 e. The van der Waals surface area contributed by atoms with Crippen molar-refractivity contribution in [3.63, 3.8) is 0 Å². The summed E-state index contributed by atoms with van der Waals surface area (Å²) in [5, 5.41) is 2.13. The monoisotopic (exact) mass is 469 g/mol. The lowest BCUT2D eigenvalue weighted by Gasteiger charge is -2.13. The van der Waals surface area contributed by atoms with Gasteiger partial charge in [-0.05, 0) is 47.5 Å². The third-order valence-electron chi connectivity index (χ3n) is 4.67. The van der Waals surface area contributed by atoms with E-state index >= 15 is 0 Å². The van der Waals surface area contributed by atoms with Crippen molar-refractivity contribution in [2.24, 2.45) is 0 Å². The number of methoxy groups -OCH3 is 1. The van der Waals surface area contributed by atoms with Gasteiger partial charge in [-0.3, -0.25) is 29.1 Å². The molecule has 1 saturated heterocycles. The van der Waals surface area contributed by atoms with Crippen molar-refractivity contribution < 1.29 is 28.7 Å². The Morgan fingerprint density at radius 3 is 2.76 bits per heavy atom. The highest BCUT2D eigenvalue weighted by Crippen LogP contribution is 2.31. The van der Waals surface area contributed by atoms with Gasteiger partial charge in [0, 0.05) is 31.9 Å². The molecule has 172 valence electrons. The topological polar surface area (TPSA) is 115 Å². The summed E-state index contributed by atoms with van der Waals surface area (Å²) in [5.74, 6) is -0.766. The van der Waals surface area contributed by atoms with E-state index < -0.39 is 29.6 Å². The first-order valence-electron chi connectivity index (χ1n) is 10.2. The average Bonchev–Trinajstić information content (AvgIpc) is 3.09. The summed E-state index contributed by atoms with van der Waals surface area (Å²) in [7, 11) is 1.56. The van der Waals surface area contributed by atoms with Gasteiger partial charge in [-0.2, -0.15) is 0 Å². The number of benzene rings is 1. The zero-order valence-corrected chi connectivity index (χ0v) is 18.8. The molecule has 1 aromatic carbocycles. The maximum absolute atomic E-state index is 12.5. The first-order valence-corrected chi connectivity index (χ1v) is 11.0. The largest absolute Gasteiger partial charge is 0.496 e. The van der Waals surface area contributed by atoms with E-state index in [1.54, 1.807) is 43.8 Å². The van der Waals surface area contributed by atoms with Crippen molar-refractivity contribution in [2.45, 2.75) is 12.8 Å². The van der Waals surface area contributed by atoms with Crippen LogP contribution in [0.2, 0.25) is 0 Å². The quantitative estimate of drug-likeness (QED) is 0.417. The third kappa shape index (κ3) is 6.91. The number of ether oxygens (including phenoxy) is 2. The number of carbonyl (C=O) groups is 4. The van der Waals surface area contributed by atoms with E-state index in [0.29, 0.717) is 22.6 Å². The van der Waals surface area contributed by atoms with Crippen LogP contribution in [0.3, 0.4) is 0 Å². The second kappa shape index (κ2) is 11.8. The molecule has 1 fully saturated rings. The molecule has 10 heteroatoms. The minimum absolute atomic E-state index is 0.0164. The lowest BCUT2D eigenvalue weighted by atomic mass is 10.1. The Hall–Kier alpha value is -3.66. The summed E-state index contributed by atoms with van der Waals surface area (Å²) >= 11 is 0.836. The summed E-state index contributed by atoms with van der Waals surface area (Å²) < 4.78 is 10.2. The normalized spacial score (nSPS) is 14.5. The second-order valence-electron chi connectivity index (χ2n) is 6.94. The van der Waals surface area contributed by atoms with Crippen molar-refractivity contribution in [1.82, 2.24) is 15.2 Å². The fourth-order valence-electron chi connectivity index (χ4n) is 3.03. The molecule has 0 bridgehead atoms. The Morgan fingerprint density at radius 1 is 1.18 bits per heavy atom. The number of carbonyl (C=O) groups excluding carboxylic acids is 4. The SMILES string of the molecule is COc1ccccc1CCC(=O)OCC(=O)NCCN1C(=O)S/C(=C\c2cccnc2)C1=O. The van der Waals surface area contributed by atoms with Gasteiger partial charge in [-0.25, -0.2) is 0 Å². The van der Waals surface area contributed by atoms with Gasteiger partial charge in [0.15, 0.2) is 6.61 Å². The maximum Gasteiger partial charge on any atom is 0.306 e. The van der Waals surface area contributed by atoms with Crippen LogP contribution < -0.4 is 10.1 Å². The number of hydrogen-bond donors (Lipinski definition) is 1. The molecule has 2 heterocycles. The molecule has 2 aromatic rings. The number of pyridine rings is 1. The standard InChI is InChI=1S/C23H23N3O6S/c1-31-18-7-3-2-6-17(18)8-9-21(28)32-15-20(27)25-11-12-26-22(29)19(33-23(26)30)13-16-5-4-10-24-14-16/h2-7,10,13-14H,8-9,11-12,15H2,1H3,(H,25,27)/b19-13-. The van der Waals surface area contributed by atoms with E-state index in [1.165, 1.54) is 0 Å². The van der Waals surface area contributed by atoms with Crippen molar-refractivity contribution >= 4 is 40.9 Å². The van der Waals surface area contributed by atoms with Crippen molar-refractivity contribution in [1.29, 1.82) is 0 Å². The van der Waals surface area contributed by atoms with Crippen molar-refractivity contribution in [3.8, 4) is 5.75 Å². The molecular formula is C23H23N3O6S. The number of hydrogen-bond acceptors (Lipinski definition) is 8. The smallest absolute Gasteiger partial charge is 0.306 e. The fraction of sp³-hybridized carbons (Fsp3) is 0.261. The summed E-state index contributed by atoms with van der Waals surface area (Å²) in [5.41, 5.74) is 1.58. The molecule has 3 amide bonds. The predicted octanol–water partition coefficient (Wildman–Crippen LogP) is 2.42. The van der Waals surface area contributed by atoms with E-state index in [-0.39, 0.29) is 19.5 Å². The highest BCUT2D eigenvalue weighted by molar-refractivity contribution is 8.18. The van der Waals surface area contributed by atoms with Crippen LogP contribution in [0.5, 0.6) is 5.75 Å². The Bertz CT molecular complexity index is 1060. The first-order chi connectivity index (χ1) is 16.0. The van der Waals surface area contributed by atoms with Crippen LogP contribution in [0.1, 0.15) is 17.5 Å². The zero-order chi connectivity index (χ0) is 23.6. The molecule has 9 nitrogen and oxygen atoms in total. The molecule has 1 aromatic heterocycles. The van der Waals surface area contributed by atoms with E-state index in [4.69, 9.17) is 9.47 Å². The average molecular weight is 470 g/mol. The Morgan fingerprint density at radius 2 is 2.00 bits per heavy atom. The van der Waals surface area contributed by atoms with Gasteiger partial charge in [-0.15, -0.1) is 0 Å². The number of amides is 3. The van der Waals surface area contributed by atoms with Crippen LogP contribution in [-0.2, 0) is 25.5 Å². The Kier molecular flexibility index (Phi) is 8.59. The highest BCUT2D eigenvalue weighted by atomic mass is 32.2. The van der Waals surface area contributed by atoms with E-state index in [2.05, 4.69) is 10.3 Å². The number of imide groups is 1. The summed E-state index contributed by atoms with van der Waals surface area (Å²) in [6.45, 7) is -0.369. The number of nitrogens with one attached hydrogen (secondary N) is 1. The summed E-state index contributed by atoms with van der Waals surface area (Å²) in [6, 6.07) is 10.9. The van der Waals surface area contributed by atoms with Crippen LogP contribution >= 0.6 is 11.8 Å². The zero-order valence-electron chi connectivity index (χ0n) is 18.0. The van der Waals surface area contributed by atoms with Gasteiger partial charge in [0.1, 0.15) is 5.75 Å². The number of aryl methyl sites for hydroxylation is 1. The number of aromatic nitrogens is 1. The van der Waals surface area contributed by atoms with E-state index in [9.17, 15) is 19.2 Å². The molecule has 1 N–H and O–H groups in total. The molecule has 0 aliphatic carbocycles. The Labute approximate surface area is 195 Å². The fourth-order valence-corrected chi connectivity index (χ4v) is 3.89. The number of thioether (sulfide) groups is 1. The van der Waals surface area contributed by atoms with Crippen LogP contribution in [-0.4, -0.2) is 59.7 Å². The van der Waals surface area contributed by atoms with Crippen molar-refractivity contribution in [3.05, 3.63) is 64.8 Å². The van der Waals surface area contributed by atoms with Crippen LogP contribution in [0.25, 0.3) is 6.08 Å². The number of nitrogens with zero attached hydrogens (tertiary/aromatic N) is 2. The minimum atomic E-state index is -0.515. The predicted molar refractivity (Wildman–Crippen MR) is 122 cm³/mol. The molecule has 33 heavy (non-hydrogen) atoms. The number of para-hydroxylation sites is 1. The van der Waals surface area contributed by atoms with Gasteiger partial charge in [0.2, 0.25) is 0 Å². The van der Waals surface area contributed by atoms with E-state index in [0.717, 1.165) is 22.2 Å². The molecule has 1 aliphatic rings. The van der Waals surface area contributed by atoms with Crippen LogP contribution in [0.4, 0.5) is 4.79 Å². The summed E-state index contributed by atoms with van der Waals surface area (Å²) in [6.07, 6.45) is 5.33. The lowest BCUT2D eigenvalue weighted by Crippen LogP contribution is -2.38. The van der Waals surface area contributed by atoms with Gasteiger partial charge >= 0.3 is 5.97 Å². The Balaban J connectivity index is 1.38. The third-order valence-corrected chi connectivity index (χ3v) is 5.58. The molecule has 1 aliphatic heterocycles. The molecule has 0 saturated carbocycles. The van der Waals surface area contributed by atoms with Gasteiger partial charge in [-0.1, -0.05) is 24.3 Å².